The zero-order valence-electron chi connectivity index (χ0n) is 19.7. The second-order valence-electron chi connectivity index (χ2n) is 9.02. The predicted octanol–water partition coefficient (Wildman–Crippen LogP) is 4.45. The molecule has 1 aliphatic heterocycles. The highest BCUT2D eigenvalue weighted by atomic mass is 32.2. The monoisotopic (exact) mass is 477 g/mol. The summed E-state index contributed by atoms with van der Waals surface area (Å²) in [4.78, 5) is 4.61. The highest BCUT2D eigenvalue weighted by Crippen LogP contribution is 2.36. The molecule has 0 radical (unpaired) electrons. The Hall–Kier alpha value is -2.13. The Morgan fingerprint density at radius 2 is 1.76 bits per heavy atom. The standard InChI is InChI=1S/C24H35N3O5S/c1-30-21-15-14-18(17-22(21)31-2)9-8-13-23-25-24(32-26-23)20-12-6-7-16-27(20)33(28,29)19-10-4-3-5-11-19/h14-15,17,19-20H,3-13,16H2,1-2H3/t20-/m0/s1. The average Bonchev–Trinajstić information content (AvgIpc) is 3.33. The molecule has 9 heteroatoms. The van der Waals surface area contributed by atoms with Gasteiger partial charge >= 0.3 is 0 Å². The van der Waals surface area contributed by atoms with Crippen molar-refractivity contribution in [2.24, 2.45) is 0 Å². The Labute approximate surface area is 196 Å². The van der Waals surface area contributed by atoms with Crippen molar-refractivity contribution < 1.29 is 22.4 Å². The first kappa shape index (κ1) is 24.0. The number of aryl methyl sites for hydroxylation is 2. The number of piperidine rings is 1. The van der Waals surface area contributed by atoms with E-state index in [-0.39, 0.29) is 11.3 Å². The number of sulfonamides is 1. The van der Waals surface area contributed by atoms with Gasteiger partial charge < -0.3 is 14.0 Å². The molecule has 2 aliphatic rings. The van der Waals surface area contributed by atoms with Gasteiger partial charge in [0.15, 0.2) is 17.3 Å². The van der Waals surface area contributed by atoms with Gasteiger partial charge in [0.1, 0.15) is 6.04 Å². The van der Waals surface area contributed by atoms with E-state index < -0.39 is 10.0 Å². The highest BCUT2D eigenvalue weighted by molar-refractivity contribution is 7.89. The number of aromatic nitrogens is 2. The van der Waals surface area contributed by atoms with Crippen LogP contribution in [0.15, 0.2) is 22.7 Å². The van der Waals surface area contributed by atoms with Crippen molar-refractivity contribution in [1.82, 2.24) is 14.4 Å². The Kier molecular flexibility index (Phi) is 7.90. The van der Waals surface area contributed by atoms with Crippen LogP contribution < -0.4 is 9.47 Å². The molecule has 2 aromatic rings. The van der Waals surface area contributed by atoms with Crippen LogP contribution in [0, 0.1) is 0 Å². The van der Waals surface area contributed by atoms with Crippen molar-refractivity contribution in [2.75, 3.05) is 20.8 Å². The van der Waals surface area contributed by atoms with Crippen molar-refractivity contribution >= 4 is 10.0 Å². The third-order valence-electron chi connectivity index (χ3n) is 6.84. The summed E-state index contributed by atoms with van der Waals surface area (Å²) < 4.78 is 44.7. The lowest BCUT2D eigenvalue weighted by molar-refractivity contribution is 0.201. The van der Waals surface area contributed by atoms with Gasteiger partial charge in [0.2, 0.25) is 15.9 Å². The normalized spacial score (nSPS) is 20.6. The molecule has 4 rings (SSSR count). The summed E-state index contributed by atoms with van der Waals surface area (Å²) in [7, 11) is -0.100. The first-order valence-electron chi connectivity index (χ1n) is 12.1. The molecule has 0 amide bonds. The van der Waals surface area contributed by atoms with E-state index in [1.165, 1.54) is 0 Å². The van der Waals surface area contributed by atoms with Gasteiger partial charge in [-0.3, -0.25) is 0 Å². The topological polar surface area (TPSA) is 94.8 Å². The first-order chi connectivity index (χ1) is 16.0. The van der Waals surface area contributed by atoms with Crippen LogP contribution in [0.3, 0.4) is 0 Å². The maximum absolute atomic E-state index is 13.4. The van der Waals surface area contributed by atoms with Gasteiger partial charge in [-0.25, -0.2) is 8.42 Å². The van der Waals surface area contributed by atoms with Crippen molar-refractivity contribution in [3.8, 4) is 11.5 Å². The molecule has 1 atom stereocenters. The average molecular weight is 478 g/mol. The van der Waals surface area contributed by atoms with Gasteiger partial charge in [-0.05, 0) is 56.2 Å². The fourth-order valence-corrected chi connectivity index (χ4v) is 7.25. The predicted molar refractivity (Wildman–Crippen MR) is 125 cm³/mol. The molecule has 1 aromatic heterocycles. The smallest absolute Gasteiger partial charge is 0.245 e. The van der Waals surface area contributed by atoms with E-state index in [0.29, 0.717) is 36.2 Å². The zero-order chi connectivity index (χ0) is 23.3. The molecule has 0 unspecified atom stereocenters. The molecular weight excluding hydrogens is 442 g/mol. The SMILES string of the molecule is COc1ccc(CCCc2noc([C@@H]3CCCCN3S(=O)(=O)C3CCCCC3)n2)cc1OC. The van der Waals surface area contributed by atoms with Crippen molar-refractivity contribution in [2.45, 2.75) is 81.9 Å². The van der Waals surface area contributed by atoms with Gasteiger partial charge in [0, 0.05) is 13.0 Å². The molecular formula is C24H35N3O5S. The molecule has 1 saturated heterocycles. The summed E-state index contributed by atoms with van der Waals surface area (Å²) in [6.45, 7) is 0.542. The molecule has 0 N–H and O–H groups in total. The third-order valence-corrected chi connectivity index (χ3v) is 9.24. The number of hydrogen-bond acceptors (Lipinski definition) is 7. The van der Waals surface area contributed by atoms with Crippen LogP contribution in [0.1, 0.15) is 81.1 Å². The van der Waals surface area contributed by atoms with Crippen molar-refractivity contribution in [3.63, 3.8) is 0 Å². The lowest BCUT2D eigenvalue weighted by Gasteiger charge is -2.36. The summed E-state index contributed by atoms with van der Waals surface area (Å²) in [5, 5.41) is 3.89. The van der Waals surface area contributed by atoms with Gasteiger partial charge in [0.25, 0.3) is 0 Å². The molecule has 2 fully saturated rings. The van der Waals surface area contributed by atoms with Crippen LogP contribution in [-0.2, 0) is 22.9 Å². The quantitative estimate of drug-likeness (QED) is 0.526. The number of methoxy groups -OCH3 is 2. The number of ether oxygens (including phenoxy) is 2. The van der Waals surface area contributed by atoms with E-state index in [4.69, 9.17) is 14.0 Å². The summed E-state index contributed by atoms with van der Waals surface area (Å²) in [6.07, 6.45) is 9.59. The van der Waals surface area contributed by atoms with Crippen LogP contribution in [0.25, 0.3) is 0 Å². The van der Waals surface area contributed by atoms with Crippen LogP contribution in [-0.4, -0.2) is 48.9 Å². The van der Waals surface area contributed by atoms with Crippen molar-refractivity contribution in [1.29, 1.82) is 0 Å². The maximum Gasteiger partial charge on any atom is 0.245 e. The van der Waals surface area contributed by atoms with E-state index in [1.54, 1.807) is 18.5 Å². The lowest BCUT2D eigenvalue weighted by atomic mass is 10.0. The van der Waals surface area contributed by atoms with Crippen molar-refractivity contribution in [3.05, 3.63) is 35.5 Å². The molecule has 33 heavy (non-hydrogen) atoms. The molecule has 1 saturated carbocycles. The Morgan fingerprint density at radius 1 is 1.00 bits per heavy atom. The maximum atomic E-state index is 13.4. The van der Waals surface area contributed by atoms with Gasteiger partial charge in [0.05, 0.1) is 19.5 Å². The summed E-state index contributed by atoms with van der Waals surface area (Å²) in [6, 6.07) is 5.58. The molecule has 1 aliphatic carbocycles. The number of hydrogen-bond donors (Lipinski definition) is 0. The first-order valence-corrected chi connectivity index (χ1v) is 13.6. The van der Waals surface area contributed by atoms with Crippen LogP contribution in [0.2, 0.25) is 0 Å². The minimum atomic E-state index is -3.36. The van der Waals surface area contributed by atoms with Gasteiger partial charge in [-0.1, -0.05) is 36.9 Å². The summed E-state index contributed by atoms with van der Waals surface area (Å²) in [5.74, 6) is 2.50. The minimum Gasteiger partial charge on any atom is -0.493 e. The van der Waals surface area contributed by atoms with Gasteiger partial charge in [-0.2, -0.15) is 9.29 Å². The zero-order valence-corrected chi connectivity index (χ0v) is 20.5. The van der Waals surface area contributed by atoms with Gasteiger partial charge in [-0.15, -0.1) is 0 Å². The number of rotatable bonds is 9. The molecule has 1 aromatic carbocycles. The minimum absolute atomic E-state index is 0.268. The fraction of sp³-hybridized carbons (Fsp3) is 0.667. The van der Waals surface area contributed by atoms with Crippen LogP contribution in [0.4, 0.5) is 0 Å². The van der Waals surface area contributed by atoms with Crippen LogP contribution in [0.5, 0.6) is 11.5 Å². The Morgan fingerprint density at radius 3 is 2.52 bits per heavy atom. The lowest BCUT2D eigenvalue weighted by Crippen LogP contribution is -2.44. The Bertz CT molecular complexity index is 1020. The van der Waals surface area contributed by atoms with E-state index in [9.17, 15) is 8.42 Å². The molecule has 2 heterocycles. The van der Waals surface area contributed by atoms with E-state index >= 15 is 0 Å². The molecule has 0 bridgehead atoms. The summed E-state index contributed by atoms with van der Waals surface area (Å²) in [5.41, 5.74) is 1.15. The largest absolute Gasteiger partial charge is 0.493 e. The van der Waals surface area contributed by atoms with E-state index in [0.717, 1.165) is 69.8 Å². The second kappa shape index (κ2) is 10.9. The number of nitrogens with zero attached hydrogens (tertiary/aromatic N) is 3. The number of benzene rings is 1. The fourth-order valence-electron chi connectivity index (χ4n) is 5.00. The molecule has 0 spiro atoms. The van der Waals surface area contributed by atoms with Crippen LogP contribution >= 0.6 is 0 Å². The molecule has 8 nitrogen and oxygen atoms in total. The van der Waals surface area contributed by atoms with E-state index in [1.807, 2.05) is 18.2 Å². The summed E-state index contributed by atoms with van der Waals surface area (Å²) >= 11 is 0. The second-order valence-corrected chi connectivity index (χ2v) is 11.2. The molecule has 182 valence electrons. The Balaban J connectivity index is 1.39. The van der Waals surface area contributed by atoms with E-state index in [2.05, 4.69) is 10.1 Å². The third kappa shape index (κ3) is 5.51. The highest BCUT2D eigenvalue weighted by Gasteiger charge is 2.41.